The maximum atomic E-state index is 12.7. The molecule has 0 saturated carbocycles. The number of carbonyl (C=O) groups is 2. The Morgan fingerprint density at radius 1 is 1.36 bits per heavy atom. The summed E-state index contributed by atoms with van der Waals surface area (Å²) in [7, 11) is 0. The van der Waals surface area contributed by atoms with Crippen LogP contribution < -0.4 is 15.5 Å². The van der Waals surface area contributed by atoms with Gasteiger partial charge in [-0.3, -0.25) is 9.59 Å². The summed E-state index contributed by atoms with van der Waals surface area (Å²) in [5.74, 6) is 0.276. The number of ether oxygens (including phenoxy) is 1. The number of hydrogen-bond donors (Lipinski definition) is 2. The van der Waals surface area contributed by atoms with Gasteiger partial charge in [0.25, 0.3) is 11.8 Å². The zero-order chi connectivity index (χ0) is 19.9. The Bertz CT molecular complexity index is 709. The Morgan fingerprint density at radius 3 is 3.00 bits per heavy atom. The van der Waals surface area contributed by atoms with Gasteiger partial charge in [0.1, 0.15) is 6.54 Å². The highest BCUT2D eigenvalue weighted by Crippen LogP contribution is 2.27. The van der Waals surface area contributed by atoms with Crippen LogP contribution in [0.2, 0.25) is 0 Å². The van der Waals surface area contributed by atoms with Gasteiger partial charge in [-0.25, -0.2) is 0 Å². The fourth-order valence-corrected chi connectivity index (χ4v) is 3.80. The summed E-state index contributed by atoms with van der Waals surface area (Å²) in [6.45, 7) is 7.18. The maximum Gasteiger partial charge on any atom is 0.255 e. The third kappa shape index (κ3) is 5.42. The van der Waals surface area contributed by atoms with Gasteiger partial charge in [-0.15, -0.1) is 0 Å². The predicted molar refractivity (Wildman–Crippen MR) is 109 cm³/mol. The highest BCUT2D eigenvalue weighted by atomic mass is 16.5. The van der Waals surface area contributed by atoms with E-state index in [0.717, 1.165) is 31.5 Å². The standard InChI is InChI=1S/C22H31N3O3/c1-16(2)14-18(24-22(27)20-15-23-11-5-13-28-20)8-9-21(26)25-12-10-17-6-3-4-7-19(17)25/h3-4,6-9,16,18,20,23H,5,10-15H2,1-2H3,(H,24,27)/p+1/b9-8+/t18-,20+/m1/s1. The minimum atomic E-state index is -0.424. The van der Waals surface area contributed by atoms with Crippen molar-refractivity contribution >= 4 is 17.5 Å². The number of fused-ring (bicyclic) bond motifs is 1. The van der Waals surface area contributed by atoms with Crippen LogP contribution in [0.15, 0.2) is 36.4 Å². The number of anilines is 1. The van der Waals surface area contributed by atoms with Crippen molar-refractivity contribution < 1.29 is 19.6 Å². The number of nitrogens with one attached hydrogen (secondary N) is 1. The van der Waals surface area contributed by atoms with Gasteiger partial charge < -0.3 is 20.3 Å². The molecule has 3 rings (SSSR count). The quantitative estimate of drug-likeness (QED) is 0.717. The average molecular weight is 387 g/mol. The molecule has 1 saturated heterocycles. The molecule has 2 atom stereocenters. The van der Waals surface area contributed by atoms with Gasteiger partial charge in [0.15, 0.2) is 6.10 Å². The summed E-state index contributed by atoms with van der Waals surface area (Å²) in [5.41, 5.74) is 2.20. The minimum Gasteiger partial charge on any atom is -0.362 e. The van der Waals surface area contributed by atoms with Crippen LogP contribution >= 0.6 is 0 Å². The molecule has 2 heterocycles. The van der Waals surface area contributed by atoms with Crippen molar-refractivity contribution in [1.29, 1.82) is 0 Å². The number of nitrogens with two attached hydrogens (primary N) is 1. The Balaban J connectivity index is 1.63. The number of amides is 2. The third-order valence-electron chi connectivity index (χ3n) is 5.22. The number of carbonyl (C=O) groups excluding carboxylic acids is 2. The molecule has 28 heavy (non-hydrogen) atoms. The molecule has 1 aromatic rings. The lowest BCUT2D eigenvalue weighted by Gasteiger charge is -2.21. The van der Waals surface area contributed by atoms with Gasteiger partial charge in [0, 0.05) is 30.8 Å². The van der Waals surface area contributed by atoms with Crippen LogP contribution in [0.5, 0.6) is 0 Å². The first-order valence-corrected chi connectivity index (χ1v) is 10.4. The van der Waals surface area contributed by atoms with Crippen LogP contribution in [0.3, 0.4) is 0 Å². The molecular formula is C22H32N3O3+. The van der Waals surface area contributed by atoms with Gasteiger partial charge in [-0.05, 0) is 30.4 Å². The lowest BCUT2D eigenvalue weighted by atomic mass is 10.0. The topological polar surface area (TPSA) is 75.3 Å². The Morgan fingerprint density at radius 2 is 2.18 bits per heavy atom. The first-order chi connectivity index (χ1) is 13.5. The molecule has 0 radical (unpaired) electrons. The van der Waals surface area contributed by atoms with E-state index in [-0.39, 0.29) is 17.9 Å². The van der Waals surface area contributed by atoms with Crippen molar-refractivity contribution in [2.24, 2.45) is 5.92 Å². The Hall–Kier alpha value is -2.18. The average Bonchev–Trinajstić information content (AvgIpc) is 2.91. The lowest BCUT2D eigenvalue weighted by molar-refractivity contribution is -0.654. The van der Waals surface area contributed by atoms with E-state index in [1.54, 1.807) is 6.08 Å². The van der Waals surface area contributed by atoms with E-state index in [9.17, 15) is 9.59 Å². The minimum absolute atomic E-state index is 0.0352. The van der Waals surface area contributed by atoms with E-state index in [2.05, 4.69) is 30.5 Å². The number of nitrogens with zero attached hydrogens (tertiary/aromatic N) is 1. The van der Waals surface area contributed by atoms with E-state index in [1.165, 1.54) is 5.56 Å². The van der Waals surface area contributed by atoms with Crippen molar-refractivity contribution in [1.82, 2.24) is 5.32 Å². The SMILES string of the molecule is CC(C)C[C@@H](/C=C/C(=O)N1CCc2ccccc21)NC(=O)[C@@H]1C[NH2+]CCCO1. The van der Waals surface area contributed by atoms with Gasteiger partial charge in [0.2, 0.25) is 0 Å². The molecule has 2 amide bonds. The molecular weight excluding hydrogens is 354 g/mol. The van der Waals surface area contributed by atoms with Crippen LogP contribution in [-0.4, -0.2) is 50.2 Å². The predicted octanol–water partition coefficient (Wildman–Crippen LogP) is 1.02. The fraction of sp³-hybridized carbons (Fsp3) is 0.545. The summed E-state index contributed by atoms with van der Waals surface area (Å²) in [6.07, 6.45) is 5.65. The van der Waals surface area contributed by atoms with E-state index in [0.29, 0.717) is 25.6 Å². The normalized spacial score (nSPS) is 20.8. The van der Waals surface area contributed by atoms with E-state index in [4.69, 9.17) is 4.74 Å². The molecule has 1 aromatic carbocycles. The monoisotopic (exact) mass is 386 g/mol. The molecule has 2 aliphatic heterocycles. The van der Waals surface area contributed by atoms with Crippen LogP contribution in [0, 0.1) is 5.92 Å². The van der Waals surface area contributed by atoms with Crippen molar-refractivity contribution in [2.75, 3.05) is 31.1 Å². The number of hydrogen-bond acceptors (Lipinski definition) is 3. The van der Waals surface area contributed by atoms with Crippen molar-refractivity contribution in [2.45, 2.75) is 45.3 Å². The molecule has 1 fully saturated rings. The number of quaternary nitrogens is 1. The maximum absolute atomic E-state index is 12.7. The molecule has 0 aliphatic carbocycles. The fourth-order valence-electron chi connectivity index (χ4n) is 3.80. The van der Waals surface area contributed by atoms with Gasteiger partial charge >= 0.3 is 0 Å². The third-order valence-corrected chi connectivity index (χ3v) is 5.22. The summed E-state index contributed by atoms with van der Waals surface area (Å²) >= 11 is 0. The van der Waals surface area contributed by atoms with E-state index >= 15 is 0 Å². The summed E-state index contributed by atoms with van der Waals surface area (Å²) < 4.78 is 5.67. The van der Waals surface area contributed by atoms with Gasteiger partial charge in [0.05, 0.1) is 13.2 Å². The summed E-state index contributed by atoms with van der Waals surface area (Å²) in [4.78, 5) is 27.2. The van der Waals surface area contributed by atoms with Crippen LogP contribution in [0.4, 0.5) is 5.69 Å². The number of rotatable bonds is 6. The van der Waals surface area contributed by atoms with Crippen LogP contribution in [0.1, 0.15) is 32.3 Å². The molecule has 2 aliphatic rings. The molecule has 0 bridgehead atoms. The zero-order valence-corrected chi connectivity index (χ0v) is 16.9. The second kappa shape index (κ2) is 9.85. The van der Waals surface area contributed by atoms with Crippen LogP contribution in [-0.2, 0) is 20.7 Å². The Kier molecular flexibility index (Phi) is 7.23. The summed E-state index contributed by atoms with van der Waals surface area (Å²) in [6, 6.07) is 7.84. The molecule has 6 heteroatoms. The molecule has 0 unspecified atom stereocenters. The molecule has 152 valence electrons. The van der Waals surface area contributed by atoms with Crippen molar-refractivity contribution in [3.63, 3.8) is 0 Å². The highest BCUT2D eigenvalue weighted by molar-refractivity contribution is 6.03. The molecule has 0 aromatic heterocycles. The molecule has 3 N–H and O–H groups in total. The Labute approximate surface area is 167 Å². The second-order valence-electron chi connectivity index (χ2n) is 8.00. The first kappa shape index (κ1) is 20.6. The van der Waals surface area contributed by atoms with Gasteiger partial charge in [-0.2, -0.15) is 0 Å². The second-order valence-corrected chi connectivity index (χ2v) is 8.00. The smallest absolute Gasteiger partial charge is 0.255 e. The largest absolute Gasteiger partial charge is 0.362 e. The lowest BCUT2D eigenvalue weighted by Crippen LogP contribution is -2.86. The number of para-hydroxylation sites is 1. The van der Waals surface area contributed by atoms with Gasteiger partial charge in [-0.1, -0.05) is 38.1 Å². The van der Waals surface area contributed by atoms with Crippen molar-refractivity contribution in [3.05, 3.63) is 42.0 Å². The van der Waals surface area contributed by atoms with E-state index in [1.807, 2.05) is 29.2 Å². The first-order valence-electron chi connectivity index (χ1n) is 10.4. The number of benzene rings is 1. The summed E-state index contributed by atoms with van der Waals surface area (Å²) in [5, 5.41) is 5.19. The molecule has 6 nitrogen and oxygen atoms in total. The van der Waals surface area contributed by atoms with E-state index < -0.39 is 6.10 Å². The zero-order valence-electron chi connectivity index (χ0n) is 16.9. The highest BCUT2D eigenvalue weighted by Gasteiger charge is 2.26. The van der Waals surface area contributed by atoms with Crippen LogP contribution in [0.25, 0.3) is 0 Å². The molecule has 0 spiro atoms. The van der Waals surface area contributed by atoms with Crippen molar-refractivity contribution in [3.8, 4) is 0 Å².